The predicted octanol–water partition coefficient (Wildman–Crippen LogP) is 3.54. The van der Waals surface area contributed by atoms with Crippen LogP contribution in [0.2, 0.25) is 0 Å². The normalized spacial score (nSPS) is 11.5. The highest BCUT2D eigenvalue weighted by Crippen LogP contribution is 2.28. The Bertz CT molecular complexity index is 462. The molecule has 0 saturated heterocycles. The molecule has 0 radical (unpaired) electrons. The average molecular weight is 223 g/mol. The second-order valence-electron chi connectivity index (χ2n) is 3.91. The quantitative estimate of drug-likeness (QED) is 0.839. The van der Waals surface area contributed by atoms with Crippen LogP contribution in [-0.4, -0.2) is 6.04 Å². The summed E-state index contributed by atoms with van der Waals surface area (Å²) in [5.41, 5.74) is 1.18. The first-order valence-corrected chi connectivity index (χ1v) is 5.94. The van der Waals surface area contributed by atoms with Gasteiger partial charge in [-0.1, -0.05) is 26.0 Å². The largest absolute Gasteiger partial charge is 0.310 e. The molecule has 0 amide bonds. The van der Waals surface area contributed by atoms with Gasteiger partial charge in [-0.15, -0.1) is 11.3 Å². The summed E-state index contributed by atoms with van der Waals surface area (Å²) in [4.78, 5) is 0. The SMILES string of the molecule is CC(C)NCc1csc2c(F)cccc12. The lowest BCUT2D eigenvalue weighted by molar-refractivity contribution is 0.591. The lowest BCUT2D eigenvalue weighted by Crippen LogP contribution is -2.21. The van der Waals surface area contributed by atoms with Gasteiger partial charge in [-0.2, -0.15) is 0 Å². The van der Waals surface area contributed by atoms with Crippen molar-refractivity contribution < 1.29 is 4.39 Å². The Labute approximate surface area is 92.9 Å². The third-order valence-electron chi connectivity index (χ3n) is 2.33. The van der Waals surface area contributed by atoms with Crippen LogP contribution < -0.4 is 5.32 Å². The molecule has 0 saturated carbocycles. The second kappa shape index (κ2) is 4.29. The Kier molecular flexibility index (Phi) is 3.03. The number of rotatable bonds is 3. The van der Waals surface area contributed by atoms with Crippen molar-refractivity contribution in [3.05, 3.63) is 35.0 Å². The molecule has 0 atom stereocenters. The van der Waals surface area contributed by atoms with Crippen LogP contribution >= 0.6 is 11.3 Å². The Morgan fingerprint density at radius 3 is 2.93 bits per heavy atom. The summed E-state index contributed by atoms with van der Waals surface area (Å²) in [7, 11) is 0. The third-order valence-corrected chi connectivity index (χ3v) is 3.39. The fourth-order valence-electron chi connectivity index (χ4n) is 1.53. The zero-order valence-electron chi connectivity index (χ0n) is 8.88. The van der Waals surface area contributed by atoms with Gasteiger partial charge in [-0.3, -0.25) is 0 Å². The molecule has 1 aromatic heterocycles. The summed E-state index contributed by atoms with van der Waals surface area (Å²) in [6.45, 7) is 5.02. The van der Waals surface area contributed by atoms with E-state index in [1.165, 1.54) is 23.0 Å². The van der Waals surface area contributed by atoms with E-state index in [9.17, 15) is 4.39 Å². The van der Waals surface area contributed by atoms with E-state index in [2.05, 4.69) is 19.2 Å². The summed E-state index contributed by atoms with van der Waals surface area (Å²) < 4.78 is 14.2. The van der Waals surface area contributed by atoms with E-state index in [0.29, 0.717) is 6.04 Å². The predicted molar refractivity (Wildman–Crippen MR) is 63.8 cm³/mol. The maximum Gasteiger partial charge on any atom is 0.140 e. The van der Waals surface area contributed by atoms with Gasteiger partial charge in [0.05, 0.1) is 4.70 Å². The van der Waals surface area contributed by atoms with Gasteiger partial charge in [-0.05, 0) is 22.4 Å². The molecule has 0 fully saturated rings. The molecular formula is C12H14FNS. The van der Waals surface area contributed by atoms with Crippen LogP contribution in [0.15, 0.2) is 23.6 Å². The van der Waals surface area contributed by atoms with E-state index >= 15 is 0 Å². The van der Waals surface area contributed by atoms with Gasteiger partial charge in [0.2, 0.25) is 0 Å². The van der Waals surface area contributed by atoms with Crippen molar-refractivity contribution in [3.8, 4) is 0 Å². The van der Waals surface area contributed by atoms with Gasteiger partial charge in [0, 0.05) is 12.6 Å². The van der Waals surface area contributed by atoms with Crippen molar-refractivity contribution in [2.45, 2.75) is 26.4 Å². The minimum Gasteiger partial charge on any atom is -0.310 e. The first kappa shape index (κ1) is 10.6. The number of hydrogen-bond donors (Lipinski definition) is 1. The maximum atomic E-state index is 13.4. The minimum atomic E-state index is -0.117. The van der Waals surface area contributed by atoms with E-state index in [-0.39, 0.29) is 5.82 Å². The number of halogens is 1. The van der Waals surface area contributed by atoms with Crippen LogP contribution in [0.4, 0.5) is 4.39 Å². The van der Waals surface area contributed by atoms with Crippen LogP contribution in [-0.2, 0) is 6.54 Å². The molecule has 0 aliphatic heterocycles. The maximum absolute atomic E-state index is 13.4. The number of fused-ring (bicyclic) bond motifs is 1. The van der Waals surface area contributed by atoms with E-state index in [1.807, 2.05) is 11.4 Å². The van der Waals surface area contributed by atoms with Crippen LogP contribution in [0.25, 0.3) is 10.1 Å². The lowest BCUT2D eigenvalue weighted by Gasteiger charge is -2.06. The fourth-order valence-corrected chi connectivity index (χ4v) is 2.50. The topological polar surface area (TPSA) is 12.0 Å². The van der Waals surface area contributed by atoms with Crippen LogP contribution in [0.5, 0.6) is 0 Å². The van der Waals surface area contributed by atoms with Crippen molar-refractivity contribution in [1.82, 2.24) is 5.32 Å². The molecule has 1 nitrogen and oxygen atoms in total. The Hall–Kier alpha value is -0.930. The molecule has 1 heterocycles. The fraction of sp³-hybridized carbons (Fsp3) is 0.333. The molecule has 3 heteroatoms. The smallest absolute Gasteiger partial charge is 0.140 e. The molecule has 1 aromatic carbocycles. The van der Waals surface area contributed by atoms with Crippen LogP contribution in [0.1, 0.15) is 19.4 Å². The van der Waals surface area contributed by atoms with Crippen molar-refractivity contribution in [2.75, 3.05) is 0 Å². The summed E-state index contributed by atoms with van der Waals surface area (Å²) in [5, 5.41) is 6.41. The highest BCUT2D eigenvalue weighted by Gasteiger charge is 2.07. The molecule has 0 spiro atoms. The lowest BCUT2D eigenvalue weighted by atomic mass is 10.1. The standard InChI is InChI=1S/C12H14FNS/c1-8(2)14-6-9-7-15-12-10(9)4-3-5-11(12)13/h3-5,7-8,14H,6H2,1-2H3. The summed E-state index contributed by atoms with van der Waals surface area (Å²) >= 11 is 1.48. The zero-order valence-corrected chi connectivity index (χ0v) is 9.70. The zero-order chi connectivity index (χ0) is 10.8. The molecule has 0 aliphatic rings. The molecular weight excluding hydrogens is 209 g/mol. The summed E-state index contributed by atoms with van der Waals surface area (Å²) in [6.07, 6.45) is 0. The number of nitrogens with one attached hydrogen (secondary N) is 1. The number of benzene rings is 1. The molecule has 0 unspecified atom stereocenters. The van der Waals surface area contributed by atoms with Gasteiger partial charge < -0.3 is 5.32 Å². The second-order valence-corrected chi connectivity index (χ2v) is 4.79. The Balaban J connectivity index is 2.33. The molecule has 0 aliphatic carbocycles. The van der Waals surface area contributed by atoms with Crippen molar-refractivity contribution in [1.29, 1.82) is 0 Å². The molecule has 2 rings (SSSR count). The van der Waals surface area contributed by atoms with Crippen molar-refractivity contribution >= 4 is 21.4 Å². The van der Waals surface area contributed by atoms with Gasteiger partial charge in [-0.25, -0.2) is 4.39 Å². The Morgan fingerprint density at radius 2 is 2.20 bits per heavy atom. The van der Waals surface area contributed by atoms with Crippen LogP contribution in [0, 0.1) is 5.82 Å². The average Bonchev–Trinajstić information content (AvgIpc) is 2.59. The monoisotopic (exact) mass is 223 g/mol. The highest BCUT2D eigenvalue weighted by molar-refractivity contribution is 7.17. The van der Waals surface area contributed by atoms with Crippen molar-refractivity contribution in [2.24, 2.45) is 0 Å². The minimum absolute atomic E-state index is 0.117. The van der Waals surface area contributed by atoms with Gasteiger partial charge in [0.1, 0.15) is 5.82 Å². The highest BCUT2D eigenvalue weighted by atomic mass is 32.1. The van der Waals surface area contributed by atoms with Gasteiger partial charge >= 0.3 is 0 Å². The number of thiophene rings is 1. The molecule has 2 aromatic rings. The first-order chi connectivity index (χ1) is 7.18. The first-order valence-electron chi connectivity index (χ1n) is 5.06. The summed E-state index contributed by atoms with van der Waals surface area (Å²) in [6, 6.07) is 5.71. The van der Waals surface area contributed by atoms with E-state index < -0.39 is 0 Å². The number of hydrogen-bond acceptors (Lipinski definition) is 2. The Morgan fingerprint density at radius 1 is 1.40 bits per heavy atom. The van der Waals surface area contributed by atoms with Crippen LogP contribution in [0.3, 0.4) is 0 Å². The molecule has 15 heavy (non-hydrogen) atoms. The van der Waals surface area contributed by atoms with Gasteiger partial charge in [0.25, 0.3) is 0 Å². The van der Waals surface area contributed by atoms with E-state index in [0.717, 1.165) is 16.6 Å². The van der Waals surface area contributed by atoms with E-state index in [1.54, 1.807) is 6.07 Å². The third kappa shape index (κ3) is 2.19. The summed E-state index contributed by atoms with van der Waals surface area (Å²) in [5.74, 6) is -0.117. The molecule has 0 bridgehead atoms. The molecule has 1 N–H and O–H groups in total. The van der Waals surface area contributed by atoms with E-state index in [4.69, 9.17) is 0 Å². The van der Waals surface area contributed by atoms with Gasteiger partial charge in [0.15, 0.2) is 0 Å². The van der Waals surface area contributed by atoms with Crippen molar-refractivity contribution in [3.63, 3.8) is 0 Å². The molecule has 80 valence electrons.